The standard InChI is InChI=1S/C12H13N3O/c1-15-7-13-11-6-9(14-8-2-3-8)4-5-10(11)12(15)16/h4-8,14H,2-3H2,1H3. The molecule has 0 saturated heterocycles. The summed E-state index contributed by atoms with van der Waals surface area (Å²) in [6, 6.07) is 6.35. The lowest BCUT2D eigenvalue weighted by molar-refractivity contribution is 0.843. The molecule has 1 aromatic heterocycles. The van der Waals surface area contributed by atoms with Gasteiger partial charge in [-0.3, -0.25) is 4.79 Å². The minimum atomic E-state index is 0.00275. The van der Waals surface area contributed by atoms with Crippen LogP contribution in [-0.2, 0) is 7.05 Å². The van der Waals surface area contributed by atoms with Gasteiger partial charge in [0, 0.05) is 18.8 Å². The number of rotatable bonds is 2. The lowest BCUT2D eigenvalue weighted by Crippen LogP contribution is -2.16. The molecule has 0 atom stereocenters. The first-order valence-corrected chi connectivity index (χ1v) is 5.46. The van der Waals surface area contributed by atoms with Gasteiger partial charge in [-0.05, 0) is 31.0 Å². The molecule has 2 aromatic rings. The Morgan fingerprint density at radius 1 is 1.44 bits per heavy atom. The predicted molar refractivity (Wildman–Crippen MR) is 63.6 cm³/mol. The number of nitrogens with one attached hydrogen (secondary N) is 1. The summed E-state index contributed by atoms with van der Waals surface area (Å²) >= 11 is 0. The molecule has 1 aromatic carbocycles. The normalized spacial score (nSPS) is 15.3. The molecule has 1 N–H and O–H groups in total. The van der Waals surface area contributed by atoms with Crippen molar-refractivity contribution in [3.63, 3.8) is 0 Å². The summed E-state index contributed by atoms with van der Waals surface area (Å²) < 4.78 is 1.50. The molecule has 0 radical (unpaired) electrons. The highest BCUT2D eigenvalue weighted by Gasteiger charge is 2.20. The van der Waals surface area contributed by atoms with Gasteiger partial charge in [0.25, 0.3) is 5.56 Å². The van der Waals surface area contributed by atoms with Crippen LogP contribution in [0, 0.1) is 0 Å². The summed E-state index contributed by atoms with van der Waals surface area (Å²) in [5.74, 6) is 0. The van der Waals surface area contributed by atoms with Crippen LogP contribution in [0.4, 0.5) is 5.69 Å². The van der Waals surface area contributed by atoms with Crippen molar-refractivity contribution >= 4 is 16.6 Å². The van der Waals surface area contributed by atoms with Crippen LogP contribution in [0.3, 0.4) is 0 Å². The number of hydrogen-bond donors (Lipinski definition) is 1. The largest absolute Gasteiger partial charge is 0.382 e. The third kappa shape index (κ3) is 1.56. The van der Waals surface area contributed by atoms with Crippen LogP contribution in [0.5, 0.6) is 0 Å². The van der Waals surface area contributed by atoms with E-state index < -0.39 is 0 Å². The second kappa shape index (κ2) is 3.33. The fraction of sp³-hybridized carbons (Fsp3) is 0.333. The smallest absolute Gasteiger partial charge is 0.260 e. The van der Waals surface area contributed by atoms with Crippen molar-refractivity contribution in [2.45, 2.75) is 18.9 Å². The zero-order valence-electron chi connectivity index (χ0n) is 9.10. The van der Waals surface area contributed by atoms with Crippen molar-refractivity contribution in [3.05, 3.63) is 34.9 Å². The molecule has 82 valence electrons. The third-order valence-corrected chi connectivity index (χ3v) is 2.87. The van der Waals surface area contributed by atoms with Gasteiger partial charge in [0.2, 0.25) is 0 Å². The van der Waals surface area contributed by atoms with Gasteiger partial charge in [-0.1, -0.05) is 0 Å². The lowest BCUT2D eigenvalue weighted by Gasteiger charge is -2.05. The SMILES string of the molecule is Cn1cnc2cc(NC3CC3)ccc2c1=O. The molecule has 0 bridgehead atoms. The van der Waals surface area contributed by atoms with Crippen LogP contribution < -0.4 is 10.9 Å². The molecule has 0 aliphatic heterocycles. The second-order valence-corrected chi connectivity index (χ2v) is 4.31. The third-order valence-electron chi connectivity index (χ3n) is 2.87. The van der Waals surface area contributed by atoms with E-state index in [0.717, 1.165) is 11.2 Å². The number of benzene rings is 1. The first-order chi connectivity index (χ1) is 7.74. The summed E-state index contributed by atoms with van der Waals surface area (Å²) in [4.78, 5) is 16.0. The molecule has 1 saturated carbocycles. The highest BCUT2D eigenvalue weighted by atomic mass is 16.1. The zero-order chi connectivity index (χ0) is 11.1. The summed E-state index contributed by atoms with van der Waals surface area (Å²) in [5.41, 5.74) is 1.81. The number of nitrogens with zero attached hydrogens (tertiary/aromatic N) is 2. The van der Waals surface area contributed by atoms with E-state index >= 15 is 0 Å². The second-order valence-electron chi connectivity index (χ2n) is 4.31. The van der Waals surface area contributed by atoms with E-state index in [2.05, 4.69) is 10.3 Å². The fourth-order valence-corrected chi connectivity index (χ4v) is 1.76. The van der Waals surface area contributed by atoms with E-state index in [1.54, 1.807) is 13.4 Å². The first kappa shape index (κ1) is 9.39. The maximum atomic E-state index is 11.8. The number of aryl methyl sites for hydroxylation is 1. The van der Waals surface area contributed by atoms with E-state index in [-0.39, 0.29) is 5.56 Å². The molecular weight excluding hydrogens is 202 g/mol. The average Bonchev–Trinajstić information content (AvgIpc) is 3.08. The number of aromatic nitrogens is 2. The summed E-state index contributed by atoms with van der Waals surface area (Å²) in [7, 11) is 1.71. The van der Waals surface area contributed by atoms with Crippen molar-refractivity contribution in [3.8, 4) is 0 Å². The predicted octanol–water partition coefficient (Wildman–Crippen LogP) is 1.51. The molecule has 1 aliphatic carbocycles. The highest BCUT2D eigenvalue weighted by molar-refractivity contribution is 5.81. The van der Waals surface area contributed by atoms with Gasteiger partial charge < -0.3 is 9.88 Å². The molecule has 0 unspecified atom stereocenters. The Labute approximate surface area is 92.9 Å². The quantitative estimate of drug-likeness (QED) is 0.826. The minimum Gasteiger partial charge on any atom is -0.382 e. The van der Waals surface area contributed by atoms with E-state index in [0.29, 0.717) is 11.4 Å². The topological polar surface area (TPSA) is 46.9 Å². The van der Waals surface area contributed by atoms with Crippen molar-refractivity contribution < 1.29 is 0 Å². The Bertz CT molecular complexity index is 599. The molecule has 3 rings (SSSR count). The van der Waals surface area contributed by atoms with Gasteiger partial charge in [-0.15, -0.1) is 0 Å². The molecule has 0 spiro atoms. The Hall–Kier alpha value is -1.84. The van der Waals surface area contributed by atoms with E-state index in [1.807, 2.05) is 18.2 Å². The molecule has 4 nitrogen and oxygen atoms in total. The van der Waals surface area contributed by atoms with Crippen LogP contribution in [0.2, 0.25) is 0 Å². The number of hydrogen-bond acceptors (Lipinski definition) is 3. The van der Waals surface area contributed by atoms with Gasteiger partial charge in [0.05, 0.1) is 17.2 Å². The van der Waals surface area contributed by atoms with Crippen LogP contribution in [-0.4, -0.2) is 15.6 Å². The monoisotopic (exact) mass is 215 g/mol. The van der Waals surface area contributed by atoms with Crippen molar-refractivity contribution in [2.24, 2.45) is 7.05 Å². The molecule has 4 heteroatoms. The molecular formula is C12H13N3O. The van der Waals surface area contributed by atoms with E-state index in [1.165, 1.54) is 17.4 Å². The van der Waals surface area contributed by atoms with E-state index in [4.69, 9.17) is 0 Å². The number of fused-ring (bicyclic) bond motifs is 1. The fourth-order valence-electron chi connectivity index (χ4n) is 1.76. The summed E-state index contributed by atoms with van der Waals surface area (Å²) in [6.07, 6.45) is 4.04. The lowest BCUT2D eigenvalue weighted by atomic mass is 10.2. The Morgan fingerprint density at radius 2 is 2.25 bits per heavy atom. The zero-order valence-corrected chi connectivity index (χ0v) is 9.10. The molecule has 0 amide bonds. The van der Waals surface area contributed by atoms with Crippen LogP contribution in [0.25, 0.3) is 10.9 Å². The molecule has 1 aliphatic rings. The summed E-state index contributed by atoms with van der Waals surface area (Å²) in [6.45, 7) is 0. The molecule has 16 heavy (non-hydrogen) atoms. The van der Waals surface area contributed by atoms with Gasteiger partial charge in [-0.2, -0.15) is 0 Å². The number of anilines is 1. The van der Waals surface area contributed by atoms with Crippen molar-refractivity contribution in [2.75, 3.05) is 5.32 Å². The Morgan fingerprint density at radius 3 is 3.00 bits per heavy atom. The Balaban J connectivity index is 2.10. The van der Waals surface area contributed by atoms with Gasteiger partial charge in [0.1, 0.15) is 0 Å². The van der Waals surface area contributed by atoms with Gasteiger partial charge in [0.15, 0.2) is 0 Å². The van der Waals surface area contributed by atoms with E-state index in [9.17, 15) is 4.79 Å². The maximum absolute atomic E-state index is 11.8. The van der Waals surface area contributed by atoms with Crippen molar-refractivity contribution in [1.29, 1.82) is 0 Å². The minimum absolute atomic E-state index is 0.00275. The maximum Gasteiger partial charge on any atom is 0.260 e. The average molecular weight is 215 g/mol. The highest BCUT2D eigenvalue weighted by Crippen LogP contribution is 2.25. The Kier molecular flexibility index (Phi) is 1.96. The molecule has 1 fully saturated rings. The van der Waals surface area contributed by atoms with Crippen LogP contribution in [0.1, 0.15) is 12.8 Å². The van der Waals surface area contributed by atoms with Gasteiger partial charge >= 0.3 is 0 Å². The first-order valence-electron chi connectivity index (χ1n) is 5.46. The van der Waals surface area contributed by atoms with Crippen LogP contribution in [0.15, 0.2) is 29.3 Å². The van der Waals surface area contributed by atoms with Crippen molar-refractivity contribution in [1.82, 2.24) is 9.55 Å². The molecule has 1 heterocycles. The summed E-state index contributed by atoms with van der Waals surface area (Å²) in [5, 5.41) is 4.07. The van der Waals surface area contributed by atoms with Gasteiger partial charge in [-0.25, -0.2) is 4.98 Å². The van der Waals surface area contributed by atoms with Crippen LogP contribution >= 0.6 is 0 Å².